The molecular formula is C15H20N2O3S. The van der Waals surface area contributed by atoms with Crippen molar-refractivity contribution in [1.82, 2.24) is 5.32 Å². The van der Waals surface area contributed by atoms with E-state index < -0.39 is 10.0 Å². The molecule has 5 nitrogen and oxygen atoms in total. The number of hydrogen-bond donors (Lipinski definition) is 2. The van der Waals surface area contributed by atoms with E-state index in [0.29, 0.717) is 24.0 Å². The normalized spacial score (nSPS) is 11.8. The third-order valence-corrected chi connectivity index (χ3v) is 4.14. The number of sulfonamides is 1. The number of hydrogen-bond acceptors (Lipinski definition) is 4. The monoisotopic (exact) mass is 308 g/mol. The van der Waals surface area contributed by atoms with Crippen molar-refractivity contribution >= 4 is 15.7 Å². The minimum atomic E-state index is -3.69. The molecule has 0 saturated heterocycles. The van der Waals surface area contributed by atoms with Crippen molar-refractivity contribution in [3.63, 3.8) is 0 Å². The van der Waals surface area contributed by atoms with Gasteiger partial charge in [-0.3, -0.25) is 4.72 Å². The molecule has 0 saturated carbocycles. The molecule has 21 heavy (non-hydrogen) atoms. The summed E-state index contributed by atoms with van der Waals surface area (Å²) in [5.74, 6) is 0.591. The molecule has 0 atom stereocenters. The van der Waals surface area contributed by atoms with E-state index in [2.05, 4.69) is 10.0 Å². The maximum Gasteiger partial charge on any atom is 0.295 e. The summed E-state index contributed by atoms with van der Waals surface area (Å²) in [5, 5.41) is 3.09. The van der Waals surface area contributed by atoms with Gasteiger partial charge in [0.15, 0.2) is 0 Å². The predicted octanol–water partition coefficient (Wildman–Crippen LogP) is 2.89. The van der Waals surface area contributed by atoms with Gasteiger partial charge in [-0.15, -0.1) is 0 Å². The molecule has 2 N–H and O–H groups in total. The average Bonchev–Trinajstić information content (AvgIpc) is 2.88. The Kier molecular flexibility index (Phi) is 4.69. The molecule has 0 aliphatic rings. The topological polar surface area (TPSA) is 71.3 Å². The van der Waals surface area contributed by atoms with Crippen molar-refractivity contribution in [1.29, 1.82) is 0 Å². The summed E-state index contributed by atoms with van der Waals surface area (Å²) >= 11 is 0. The molecule has 2 rings (SSSR count). The lowest BCUT2D eigenvalue weighted by Crippen LogP contribution is -2.21. The van der Waals surface area contributed by atoms with Crippen LogP contribution >= 0.6 is 0 Å². The summed E-state index contributed by atoms with van der Waals surface area (Å²) in [5.41, 5.74) is 1.58. The lowest BCUT2D eigenvalue weighted by molar-refractivity contribution is 0.396. The van der Waals surface area contributed by atoms with Crippen LogP contribution in [0.25, 0.3) is 0 Å². The minimum absolute atomic E-state index is 0.0800. The van der Waals surface area contributed by atoms with Crippen molar-refractivity contribution in [2.75, 3.05) is 4.72 Å². The Morgan fingerprint density at radius 3 is 2.38 bits per heavy atom. The Hall–Kier alpha value is -1.79. The molecular weight excluding hydrogens is 288 g/mol. The number of benzene rings is 1. The van der Waals surface area contributed by atoms with Crippen LogP contribution in [-0.4, -0.2) is 14.5 Å². The number of aryl methyl sites for hydroxylation is 1. The highest BCUT2D eigenvalue weighted by Crippen LogP contribution is 2.19. The molecule has 0 bridgehead atoms. The molecule has 0 amide bonds. The van der Waals surface area contributed by atoms with Crippen LogP contribution in [0.2, 0.25) is 0 Å². The predicted molar refractivity (Wildman–Crippen MR) is 82.7 cm³/mol. The van der Waals surface area contributed by atoms with Gasteiger partial charge in [0.1, 0.15) is 5.76 Å². The summed E-state index contributed by atoms with van der Waals surface area (Å²) in [4.78, 5) is 0. The van der Waals surface area contributed by atoms with Gasteiger partial charge in [-0.2, -0.15) is 8.42 Å². The van der Waals surface area contributed by atoms with Gasteiger partial charge in [0, 0.05) is 11.7 Å². The molecule has 0 aliphatic carbocycles. The molecule has 0 spiro atoms. The second kappa shape index (κ2) is 6.32. The average molecular weight is 308 g/mol. The zero-order valence-corrected chi connectivity index (χ0v) is 13.2. The van der Waals surface area contributed by atoms with E-state index >= 15 is 0 Å². The molecule has 1 heterocycles. The highest BCUT2D eigenvalue weighted by molar-refractivity contribution is 7.92. The molecule has 0 unspecified atom stereocenters. The van der Waals surface area contributed by atoms with Crippen molar-refractivity contribution in [2.45, 2.75) is 38.5 Å². The fourth-order valence-electron chi connectivity index (χ4n) is 1.73. The summed E-state index contributed by atoms with van der Waals surface area (Å²) in [7, 11) is -3.69. The third kappa shape index (κ3) is 4.34. The van der Waals surface area contributed by atoms with Crippen LogP contribution in [0.1, 0.15) is 25.2 Å². The van der Waals surface area contributed by atoms with E-state index in [4.69, 9.17) is 4.42 Å². The zero-order chi connectivity index (χ0) is 15.5. The second-order valence-electron chi connectivity index (χ2n) is 5.23. The Labute approximate surface area is 125 Å². The maximum atomic E-state index is 12.2. The molecule has 0 aliphatic heterocycles. The fourth-order valence-corrected chi connectivity index (χ4v) is 2.74. The van der Waals surface area contributed by atoms with Gasteiger partial charge in [-0.25, -0.2) is 0 Å². The minimum Gasteiger partial charge on any atom is -0.446 e. The lowest BCUT2D eigenvalue weighted by atomic mass is 10.2. The van der Waals surface area contributed by atoms with Crippen molar-refractivity contribution in [3.8, 4) is 0 Å². The van der Waals surface area contributed by atoms with Gasteiger partial charge in [-0.1, -0.05) is 31.5 Å². The van der Waals surface area contributed by atoms with Crippen LogP contribution in [-0.2, 0) is 16.6 Å². The van der Waals surface area contributed by atoms with E-state index in [1.54, 1.807) is 18.2 Å². The molecule has 2 aromatic rings. The van der Waals surface area contributed by atoms with Gasteiger partial charge in [0.05, 0.1) is 6.54 Å². The number of furan rings is 1. The van der Waals surface area contributed by atoms with Crippen molar-refractivity contribution in [2.24, 2.45) is 0 Å². The number of anilines is 1. The van der Waals surface area contributed by atoms with Crippen LogP contribution < -0.4 is 10.0 Å². The summed E-state index contributed by atoms with van der Waals surface area (Å²) < 4.78 is 32.3. The molecule has 114 valence electrons. The summed E-state index contributed by atoms with van der Waals surface area (Å²) in [6.07, 6.45) is 0. The number of nitrogens with one attached hydrogen (secondary N) is 2. The zero-order valence-electron chi connectivity index (χ0n) is 12.4. The third-order valence-electron chi connectivity index (χ3n) is 2.89. The smallest absolute Gasteiger partial charge is 0.295 e. The SMILES string of the molecule is Cc1ccc(NS(=O)(=O)c2ccc(CNC(C)C)o2)cc1. The molecule has 1 aromatic heterocycles. The Morgan fingerprint density at radius 2 is 1.76 bits per heavy atom. The first kappa shape index (κ1) is 15.6. The van der Waals surface area contributed by atoms with Gasteiger partial charge < -0.3 is 9.73 Å². The van der Waals surface area contributed by atoms with E-state index in [9.17, 15) is 8.42 Å². The van der Waals surface area contributed by atoms with Crippen LogP contribution in [0.5, 0.6) is 0 Å². The van der Waals surface area contributed by atoms with Gasteiger partial charge in [0.25, 0.3) is 10.0 Å². The Balaban J connectivity index is 2.10. The van der Waals surface area contributed by atoms with Crippen LogP contribution in [0.4, 0.5) is 5.69 Å². The highest BCUT2D eigenvalue weighted by atomic mass is 32.2. The van der Waals surface area contributed by atoms with Crippen molar-refractivity contribution in [3.05, 3.63) is 47.7 Å². The van der Waals surface area contributed by atoms with Gasteiger partial charge in [-0.05, 0) is 31.2 Å². The standard InChI is InChI=1S/C15H20N2O3S/c1-11(2)16-10-14-8-9-15(20-14)21(18,19)17-13-6-4-12(3)5-7-13/h4-9,11,16-17H,10H2,1-3H3. The first-order valence-corrected chi connectivity index (χ1v) is 8.27. The van der Waals surface area contributed by atoms with Gasteiger partial charge in [0.2, 0.25) is 5.09 Å². The van der Waals surface area contributed by atoms with E-state index in [1.165, 1.54) is 6.07 Å². The highest BCUT2D eigenvalue weighted by Gasteiger charge is 2.18. The fraction of sp³-hybridized carbons (Fsp3) is 0.333. The van der Waals surface area contributed by atoms with Crippen LogP contribution in [0.3, 0.4) is 0 Å². The van der Waals surface area contributed by atoms with Crippen molar-refractivity contribution < 1.29 is 12.8 Å². The molecule has 0 fully saturated rings. The molecule has 0 radical (unpaired) electrons. The first-order chi connectivity index (χ1) is 9.87. The van der Waals surface area contributed by atoms with E-state index in [0.717, 1.165) is 5.56 Å². The quantitative estimate of drug-likeness (QED) is 0.861. The van der Waals surface area contributed by atoms with Crippen LogP contribution in [0.15, 0.2) is 45.9 Å². The summed E-state index contributed by atoms with van der Waals surface area (Å²) in [6, 6.07) is 10.6. The molecule has 1 aromatic carbocycles. The number of rotatable bonds is 6. The van der Waals surface area contributed by atoms with E-state index in [1.807, 2.05) is 32.9 Å². The maximum absolute atomic E-state index is 12.2. The largest absolute Gasteiger partial charge is 0.446 e. The van der Waals surface area contributed by atoms with E-state index in [-0.39, 0.29) is 5.09 Å². The molecule has 6 heteroatoms. The second-order valence-corrected chi connectivity index (χ2v) is 6.84. The Bertz CT molecular complexity index is 688. The summed E-state index contributed by atoms with van der Waals surface area (Å²) in [6.45, 7) is 6.47. The van der Waals surface area contributed by atoms with Crippen LogP contribution in [0, 0.1) is 6.92 Å². The van der Waals surface area contributed by atoms with Gasteiger partial charge >= 0.3 is 0 Å². The first-order valence-electron chi connectivity index (χ1n) is 6.78. The Morgan fingerprint density at radius 1 is 1.10 bits per heavy atom. The lowest BCUT2D eigenvalue weighted by Gasteiger charge is -2.07.